The number of carbonyl (C=O) groups excluding carboxylic acids is 1. The van der Waals surface area contributed by atoms with Gasteiger partial charge in [0.1, 0.15) is 5.69 Å². The van der Waals surface area contributed by atoms with E-state index in [0.29, 0.717) is 18.0 Å². The van der Waals surface area contributed by atoms with E-state index >= 15 is 0 Å². The molecule has 6 aromatic rings. The summed E-state index contributed by atoms with van der Waals surface area (Å²) in [4.78, 5) is 26.2. The topological polar surface area (TPSA) is 111 Å². The number of amides is 1. The fourth-order valence-corrected chi connectivity index (χ4v) is 6.18. The Labute approximate surface area is 228 Å². The van der Waals surface area contributed by atoms with E-state index in [1.165, 1.54) is 4.88 Å². The summed E-state index contributed by atoms with van der Waals surface area (Å²) in [6, 6.07) is 14.5. The number of aromatic amines is 2. The van der Waals surface area contributed by atoms with Crippen LogP contribution in [0, 0.1) is 5.92 Å². The van der Waals surface area contributed by atoms with Crippen molar-refractivity contribution in [3.05, 3.63) is 72.6 Å². The summed E-state index contributed by atoms with van der Waals surface area (Å²) in [5, 5.41) is 18.4. The van der Waals surface area contributed by atoms with Gasteiger partial charge in [-0.05, 0) is 73.1 Å². The minimum absolute atomic E-state index is 0.0450. The number of H-pyrrole nitrogens is 2. The molecule has 0 aliphatic carbocycles. The normalized spacial score (nSPS) is 14.3. The van der Waals surface area contributed by atoms with Gasteiger partial charge in [0.2, 0.25) is 5.91 Å². The van der Waals surface area contributed by atoms with Gasteiger partial charge in [-0.2, -0.15) is 5.10 Å². The lowest BCUT2D eigenvalue weighted by Crippen LogP contribution is -2.30. The molecule has 1 aliphatic rings. The van der Waals surface area contributed by atoms with Crippen molar-refractivity contribution in [1.29, 1.82) is 0 Å². The predicted octanol–water partition coefficient (Wildman–Crippen LogP) is 6.22. The van der Waals surface area contributed by atoms with E-state index in [-0.39, 0.29) is 5.91 Å². The molecular formula is C30H27N7OS. The molecule has 7 rings (SSSR count). The Morgan fingerprint density at radius 3 is 2.72 bits per heavy atom. The first-order valence-corrected chi connectivity index (χ1v) is 14.0. The molecule has 1 fully saturated rings. The number of pyridine rings is 2. The Hall–Kier alpha value is -4.34. The largest absolute Gasteiger partial charge is 0.352 e. The van der Waals surface area contributed by atoms with Crippen LogP contribution in [-0.4, -0.2) is 44.1 Å². The molecule has 194 valence electrons. The number of fused-ring (bicyclic) bond motifs is 2. The van der Waals surface area contributed by atoms with Gasteiger partial charge in [0, 0.05) is 45.6 Å². The second-order valence-electron chi connectivity index (χ2n) is 10.0. The van der Waals surface area contributed by atoms with E-state index in [1.807, 2.05) is 36.8 Å². The second-order valence-corrected chi connectivity index (χ2v) is 11.0. The van der Waals surface area contributed by atoms with Crippen LogP contribution in [0.1, 0.15) is 19.3 Å². The number of nitrogens with zero attached hydrogens (tertiary/aromatic N) is 3. The molecule has 1 saturated heterocycles. The molecule has 0 unspecified atom stereocenters. The number of piperidine rings is 1. The van der Waals surface area contributed by atoms with Crippen molar-refractivity contribution in [2.24, 2.45) is 5.92 Å². The highest BCUT2D eigenvalue weighted by molar-refractivity contribution is 7.13. The van der Waals surface area contributed by atoms with E-state index in [4.69, 9.17) is 0 Å². The Morgan fingerprint density at radius 1 is 0.949 bits per heavy atom. The van der Waals surface area contributed by atoms with Crippen molar-refractivity contribution in [2.45, 2.75) is 19.3 Å². The Kier molecular flexibility index (Phi) is 6.14. The molecule has 6 heterocycles. The van der Waals surface area contributed by atoms with Gasteiger partial charge < -0.3 is 15.6 Å². The number of anilines is 1. The third kappa shape index (κ3) is 4.71. The third-order valence-corrected chi connectivity index (χ3v) is 8.34. The fourth-order valence-electron chi connectivity index (χ4n) is 5.43. The van der Waals surface area contributed by atoms with Gasteiger partial charge >= 0.3 is 0 Å². The third-order valence-electron chi connectivity index (χ3n) is 7.44. The molecule has 5 aromatic heterocycles. The van der Waals surface area contributed by atoms with E-state index in [9.17, 15) is 4.79 Å². The van der Waals surface area contributed by atoms with Gasteiger partial charge in [-0.15, -0.1) is 11.3 Å². The van der Waals surface area contributed by atoms with Crippen LogP contribution in [-0.2, 0) is 4.79 Å². The number of carbonyl (C=O) groups is 1. The molecular weight excluding hydrogens is 506 g/mol. The fraction of sp³-hybridized carbons (Fsp3) is 0.200. The molecule has 9 heteroatoms. The molecule has 1 aliphatic heterocycles. The Bertz CT molecular complexity index is 1780. The molecule has 39 heavy (non-hydrogen) atoms. The monoisotopic (exact) mass is 533 g/mol. The molecule has 1 amide bonds. The van der Waals surface area contributed by atoms with Gasteiger partial charge in [-0.25, -0.2) is 0 Å². The highest BCUT2D eigenvalue weighted by Gasteiger charge is 2.18. The number of benzene rings is 1. The zero-order chi connectivity index (χ0) is 26.2. The van der Waals surface area contributed by atoms with Gasteiger partial charge in [0.25, 0.3) is 0 Å². The SMILES string of the molecule is O=C(CC1CCNCC1)Nc1cncc(-c2ccc3[nH]nc(-c4cc5c(-c6cccs6)cncc5[nH]4)c3c2)c1. The van der Waals surface area contributed by atoms with Crippen molar-refractivity contribution in [2.75, 3.05) is 18.4 Å². The van der Waals surface area contributed by atoms with Crippen LogP contribution in [0.2, 0.25) is 0 Å². The maximum atomic E-state index is 12.7. The highest BCUT2D eigenvalue weighted by atomic mass is 32.1. The Balaban J connectivity index is 1.19. The summed E-state index contributed by atoms with van der Waals surface area (Å²) in [5.41, 5.74) is 7.45. The summed E-state index contributed by atoms with van der Waals surface area (Å²) in [7, 11) is 0. The zero-order valence-electron chi connectivity index (χ0n) is 21.2. The molecule has 4 N–H and O–H groups in total. The minimum atomic E-state index is 0.0450. The van der Waals surface area contributed by atoms with Crippen molar-refractivity contribution < 1.29 is 4.79 Å². The van der Waals surface area contributed by atoms with Crippen LogP contribution in [0.25, 0.3) is 54.8 Å². The smallest absolute Gasteiger partial charge is 0.224 e. The maximum absolute atomic E-state index is 12.7. The van der Waals surface area contributed by atoms with Crippen LogP contribution < -0.4 is 10.6 Å². The van der Waals surface area contributed by atoms with E-state index in [1.54, 1.807) is 17.5 Å². The summed E-state index contributed by atoms with van der Waals surface area (Å²) in [6.07, 6.45) is 9.93. The number of thiophene rings is 1. The molecule has 0 spiro atoms. The number of rotatable bonds is 6. The average Bonchev–Trinajstić information content (AvgIpc) is 3.73. The molecule has 1 aromatic carbocycles. The van der Waals surface area contributed by atoms with Crippen LogP contribution in [0.3, 0.4) is 0 Å². The van der Waals surface area contributed by atoms with E-state index < -0.39 is 0 Å². The summed E-state index contributed by atoms with van der Waals surface area (Å²) >= 11 is 1.70. The highest BCUT2D eigenvalue weighted by Crippen LogP contribution is 2.36. The lowest BCUT2D eigenvalue weighted by atomic mass is 9.94. The first-order valence-electron chi connectivity index (χ1n) is 13.2. The van der Waals surface area contributed by atoms with Crippen LogP contribution in [0.4, 0.5) is 5.69 Å². The number of aromatic nitrogens is 5. The van der Waals surface area contributed by atoms with E-state index in [0.717, 1.165) is 75.8 Å². The quantitative estimate of drug-likeness (QED) is 0.203. The zero-order valence-corrected chi connectivity index (χ0v) is 22.0. The minimum Gasteiger partial charge on any atom is -0.352 e. The van der Waals surface area contributed by atoms with Crippen molar-refractivity contribution >= 4 is 44.7 Å². The summed E-state index contributed by atoms with van der Waals surface area (Å²) in [6.45, 7) is 1.97. The standard InChI is InChI=1S/C30H27N7OS/c38-29(10-18-5-7-31-8-6-18)34-21-11-20(14-32-15-21)19-3-4-25-23(12-19)30(37-36-25)26-13-22-24(28-2-1-9-39-28)16-33-17-27(22)35-26/h1-4,9,11-18,31,35H,5-8,10H2,(H,34,38)(H,36,37). The van der Waals surface area contributed by atoms with Crippen molar-refractivity contribution in [3.8, 4) is 33.0 Å². The molecule has 0 bridgehead atoms. The summed E-state index contributed by atoms with van der Waals surface area (Å²) < 4.78 is 0. The average molecular weight is 534 g/mol. The lowest BCUT2D eigenvalue weighted by molar-refractivity contribution is -0.117. The molecule has 0 saturated carbocycles. The maximum Gasteiger partial charge on any atom is 0.224 e. The number of hydrogen-bond donors (Lipinski definition) is 4. The number of hydrogen-bond acceptors (Lipinski definition) is 6. The Morgan fingerprint density at radius 2 is 1.85 bits per heavy atom. The van der Waals surface area contributed by atoms with Crippen molar-refractivity contribution in [3.63, 3.8) is 0 Å². The van der Waals surface area contributed by atoms with E-state index in [2.05, 4.69) is 65.4 Å². The van der Waals surface area contributed by atoms with Gasteiger partial charge in [0.15, 0.2) is 0 Å². The predicted molar refractivity (Wildman–Crippen MR) is 157 cm³/mol. The summed E-state index contributed by atoms with van der Waals surface area (Å²) in [5.74, 6) is 0.481. The van der Waals surface area contributed by atoms with Crippen molar-refractivity contribution in [1.82, 2.24) is 30.5 Å². The molecule has 0 atom stereocenters. The van der Waals surface area contributed by atoms with Gasteiger partial charge in [-0.1, -0.05) is 12.1 Å². The lowest BCUT2D eigenvalue weighted by Gasteiger charge is -2.21. The van der Waals surface area contributed by atoms with Crippen LogP contribution in [0.5, 0.6) is 0 Å². The molecule has 0 radical (unpaired) electrons. The van der Waals surface area contributed by atoms with Crippen LogP contribution >= 0.6 is 11.3 Å². The van der Waals surface area contributed by atoms with Gasteiger partial charge in [-0.3, -0.25) is 19.9 Å². The van der Waals surface area contributed by atoms with Crippen LogP contribution in [0.15, 0.2) is 72.6 Å². The second kappa shape index (κ2) is 10.1. The molecule has 8 nitrogen and oxygen atoms in total. The number of nitrogens with one attached hydrogen (secondary N) is 4. The van der Waals surface area contributed by atoms with Gasteiger partial charge in [0.05, 0.1) is 34.8 Å². The first kappa shape index (κ1) is 23.8. The first-order chi connectivity index (χ1) is 19.2.